The molecular formula is C24H25N3O2. The molecule has 0 saturated carbocycles. The summed E-state index contributed by atoms with van der Waals surface area (Å²) in [6, 6.07) is 17.6. The average molecular weight is 387 g/mol. The molecule has 0 radical (unpaired) electrons. The van der Waals surface area contributed by atoms with Crippen molar-refractivity contribution in [3.63, 3.8) is 0 Å². The number of nitrogens with zero attached hydrogens (tertiary/aromatic N) is 1. The Kier molecular flexibility index (Phi) is 6.74. The molecule has 5 nitrogen and oxygen atoms in total. The van der Waals surface area contributed by atoms with Gasteiger partial charge in [0.05, 0.1) is 11.1 Å². The highest BCUT2D eigenvalue weighted by molar-refractivity contribution is 6.06. The molecule has 3 rings (SSSR count). The van der Waals surface area contributed by atoms with Crippen LogP contribution >= 0.6 is 0 Å². The van der Waals surface area contributed by atoms with Gasteiger partial charge < -0.3 is 10.6 Å². The van der Waals surface area contributed by atoms with Gasteiger partial charge in [-0.15, -0.1) is 0 Å². The zero-order valence-electron chi connectivity index (χ0n) is 16.7. The minimum atomic E-state index is -0.287. The van der Waals surface area contributed by atoms with Crippen molar-refractivity contribution in [2.75, 3.05) is 11.9 Å². The third kappa shape index (κ3) is 5.75. The summed E-state index contributed by atoms with van der Waals surface area (Å²) in [5.74, 6) is -0.517. The first-order valence-corrected chi connectivity index (χ1v) is 9.69. The van der Waals surface area contributed by atoms with Gasteiger partial charge in [0.15, 0.2) is 0 Å². The molecule has 29 heavy (non-hydrogen) atoms. The molecule has 2 aromatic carbocycles. The number of aromatic nitrogens is 1. The molecular weight excluding hydrogens is 362 g/mol. The highest BCUT2D eigenvalue weighted by atomic mass is 16.2. The van der Waals surface area contributed by atoms with E-state index in [4.69, 9.17) is 0 Å². The molecule has 0 unspecified atom stereocenters. The molecule has 0 atom stereocenters. The predicted molar refractivity (Wildman–Crippen MR) is 115 cm³/mol. The number of amides is 2. The molecule has 0 bridgehead atoms. The smallest absolute Gasteiger partial charge is 0.257 e. The van der Waals surface area contributed by atoms with Crippen molar-refractivity contribution in [3.8, 4) is 0 Å². The molecule has 0 fully saturated rings. The lowest BCUT2D eigenvalue weighted by Crippen LogP contribution is -2.25. The summed E-state index contributed by atoms with van der Waals surface area (Å²) in [6.07, 6.45) is 4.68. The second-order valence-electron chi connectivity index (χ2n) is 7.08. The summed E-state index contributed by atoms with van der Waals surface area (Å²) in [5.41, 5.74) is 4.76. The van der Waals surface area contributed by atoms with Crippen LogP contribution in [0.1, 0.15) is 43.8 Å². The Morgan fingerprint density at radius 3 is 2.38 bits per heavy atom. The van der Waals surface area contributed by atoms with Gasteiger partial charge in [0.25, 0.3) is 11.8 Å². The van der Waals surface area contributed by atoms with E-state index in [-0.39, 0.29) is 11.8 Å². The van der Waals surface area contributed by atoms with Gasteiger partial charge in [0.2, 0.25) is 0 Å². The Morgan fingerprint density at radius 2 is 1.62 bits per heavy atom. The van der Waals surface area contributed by atoms with Crippen LogP contribution in [0.25, 0.3) is 0 Å². The fourth-order valence-corrected chi connectivity index (χ4v) is 2.99. The van der Waals surface area contributed by atoms with Gasteiger partial charge in [-0.3, -0.25) is 14.6 Å². The number of carbonyl (C=O) groups is 2. The number of carbonyl (C=O) groups excluding carboxylic acids is 2. The number of benzene rings is 2. The van der Waals surface area contributed by atoms with Crippen LogP contribution in [0.4, 0.5) is 5.69 Å². The van der Waals surface area contributed by atoms with E-state index in [9.17, 15) is 9.59 Å². The number of nitrogens with one attached hydrogen (secondary N) is 2. The van der Waals surface area contributed by atoms with Crippen molar-refractivity contribution < 1.29 is 9.59 Å². The van der Waals surface area contributed by atoms with E-state index in [2.05, 4.69) is 27.8 Å². The number of hydrogen-bond donors (Lipinski definition) is 2. The van der Waals surface area contributed by atoms with Crippen LogP contribution in [0.5, 0.6) is 0 Å². The summed E-state index contributed by atoms with van der Waals surface area (Å²) in [4.78, 5) is 29.1. The van der Waals surface area contributed by atoms with Crippen LogP contribution in [0.3, 0.4) is 0 Å². The van der Waals surface area contributed by atoms with Crippen LogP contribution < -0.4 is 10.6 Å². The molecule has 0 saturated heterocycles. The van der Waals surface area contributed by atoms with Crippen molar-refractivity contribution >= 4 is 17.5 Å². The average Bonchev–Trinajstić information content (AvgIpc) is 2.74. The second-order valence-corrected chi connectivity index (χ2v) is 7.08. The van der Waals surface area contributed by atoms with Crippen LogP contribution in [0, 0.1) is 13.8 Å². The van der Waals surface area contributed by atoms with Crippen molar-refractivity contribution in [3.05, 3.63) is 94.8 Å². The maximum absolute atomic E-state index is 12.6. The first-order valence-electron chi connectivity index (χ1n) is 9.69. The van der Waals surface area contributed by atoms with Gasteiger partial charge in [-0.05, 0) is 55.5 Å². The monoisotopic (exact) mass is 387 g/mol. The number of hydrogen-bond acceptors (Lipinski definition) is 3. The Bertz CT molecular complexity index is 1000. The van der Waals surface area contributed by atoms with E-state index >= 15 is 0 Å². The van der Waals surface area contributed by atoms with Crippen LogP contribution in [-0.2, 0) is 6.42 Å². The lowest BCUT2D eigenvalue weighted by molar-refractivity contribution is 0.0953. The minimum Gasteiger partial charge on any atom is -0.352 e. The lowest BCUT2D eigenvalue weighted by atomic mass is 10.1. The fourth-order valence-electron chi connectivity index (χ4n) is 2.99. The summed E-state index contributed by atoms with van der Waals surface area (Å²) in [7, 11) is 0. The standard InChI is InChI=1S/C24H25N3O2/c1-17-10-11-18(2)22(13-17)27-24(29)21-14-20(15-25-16-21)23(28)26-12-6-9-19-7-4-3-5-8-19/h3-5,7-8,10-11,13-16H,6,9,12H2,1-2H3,(H,26,28)(H,27,29). The molecule has 0 aliphatic heterocycles. The summed E-state index contributed by atoms with van der Waals surface area (Å²) in [6.45, 7) is 4.47. The SMILES string of the molecule is Cc1ccc(C)c(NC(=O)c2cncc(C(=O)NCCCc3ccccc3)c2)c1. The van der Waals surface area contributed by atoms with Crippen LogP contribution in [0.15, 0.2) is 67.0 Å². The summed E-state index contributed by atoms with van der Waals surface area (Å²) < 4.78 is 0. The van der Waals surface area contributed by atoms with Crippen molar-refractivity contribution in [2.45, 2.75) is 26.7 Å². The van der Waals surface area contributed by atoms with Gasteiger partial charge in [0, 0.05) is 24.6 Å². The van der Waals surface area contributed by atoms with E-state index in [0.717, 1.165) is 29.7 Å². The molecule has 1 heterocycles. The van der Waals surface area contributed by atoms with Gasteiger partial charge in [-0.25, -0.2) is 0 Å². The number of anilines is 1. The maximum atomic E-state index is 12.6. The summed E-state index contributed by atoms with van der Waals surface area (Å²) >= 11 is 0. The number of aryl methyl sites for hydroxylation is 3. The third-order valence-electron chi connectivity index (χ3n) is 4.67. The predicted octanol–water partition coefficient (Wildman–Crippen LogP) is 4.31. The first kappa shape index (κ1) is 20.3. The molecule has 148 valence electrons. The summed E-state index contributed by atoms with van der Waals surface area (Å²) in [5, 5.41) is 5.78. The maximum Gasteiger partial charge on any atom is 0.257 e. The van der Waals surface area contributed by atoms with Gasteiger partial charge in [-0.2, -0.15) is 0 Å². The second kappa shape index (κ2) is 9.64. The highest BCUT2D eigenvalue weighted by Crippen LogP contribution is 2.17. The Hall–Kier alpha value is -3.47. The van der Waals surface area contributed by atoms with Crippen LogP contribution in [0.2, 0.25) is 0 Å². The zero-order chi connectivity index (χ0) is 20.6. The van der Waals surface area contributed by atoms with E-state index in [0.29, 0.717) is 17.7 Å². The van der Waals surface area contributed by atoms with Gasteiger partial charge in [0.1, 0.15) is 0 Å². The van der Waals surface area contributed by atoms with Crippen molar-refractivity contribution in [2.24, 2.45) is 0 Å². The molecule has 2 amide bonds. The Morgan fingerprint density at radius 1 is 0.897 bits per heavy atom. The first-order chi connectivity index (χ1) is 14.0. The number of pyridine rings is 1. The Labute approximate surface area is 171 Å². The molecule has 0 spiro atoms. The molecule has 5 heteroatoms. The normalized spacial score (nSPS) is 10.4. The minimum absolute atomic E-state index is 0.230. The largest absolute Gasteiger partial charge is 0.352 e. The van der Waals surface area contributed by atoms with Gasteiger partial charge >= 0.3 is 0 Å². The quantitative estimate of drug-likeness (QED) is 0.593. The molecule has 0 aliphatic rings. The fraction of sp³-hybridized carbons (Fsp3) is 0.208. The molecule has 3 aromatic rings. The van der Waals surface area contributed by atoms with E-state index in [1.54, 1.807) is 6.07 Å². The third-order valence-corrected chi connectivity index (χ3v) is 4.67. The van der Waals surface area contributed by atoms with Crippen molar-refractivity contribution in [1.29, 1.82) is 0 Å². The van der Waals surface area contributed by atoms with E-state index in [1.807, 2.05) is 50.2 Å². The van der Waals surface area contributed by atoms with Gasteiger partial charge in [-0.1, -0.05) is 42.5 Å². The highest BCUT2D eigenvalue weighted by Gasteiger charge is 2.12. The molecule has 0 aliphatic carbocycles. The molecule has 1 aromatic heterocycles. The molecule has 2 N–H and O–H groups in total. The number of rotatable bonds is 7. The van der Waals surface area contributed by atoms with Crippen molar-refractivity contribution in [1.82, 2.24) is 10.3 Å². The lowest BCUT2D eigenvalue weighted by Gasteiger charge is -2.10. The van der Waals surface area contributed by atoms with E-state index < -0.39 is 0 Å². The zero-order valence-corrected chi connectivity index (χ0v) is 16.7. The van der Waals surface area contributed by atoms with Crippen LogP contribution in [-0.4, -0.2) is 23.3 Å². The topological polar surface area (TPSA) is 71.1 Å². The Balaban J connectivity index is 1.57. The van der Waals surface area contributed by atoms with E-state index in [1.165, 1.54) is 18.0 Å².